The van der Waals surface area contributed by atoms with E-state index < -0.39 is 23.8 Å². The fourth-order valence-corrected chi connectivity index (χ4v) is 1.66. The Balaban J connectivity index is 2.93. The van der Waals surface area contributed by atoms with Gasteiger partial charge in [0.05, 0.1) is 11.7 Å². The number of halogens is 1. The summed E-state index contributed by atoms with van der Waals surface area (Å²) in [6, 6.07) is 3.83. The van der Waals surface area contributed by atoms with E-state index in [0.717, 1.165) is 12.1 Å². The average Bonchev–Trinajstić information content (AvgIpc) is 2.34. The Morgan fingerprint density at radius 1 is 1.45 bits per heavy atom. The minimum Gasteiger partial charge on any atom is -0.478 e. The van der Waals surface area contributed by atoms with Crippen molar-refractivity contribution >= 4 is 18.0 Å². The first kappa shape index (κ1) is 15.8. The maximum atomic E-state index is 13.8. The number of amides is 1. The Labute approximate surface area is 115 Å². The van der Waals surface area contributed by atoms with Crippen molar-refractivity contribution in [3.8, 4) is 0 Å². The van der Waals surface area contributed by atoms with E-state index in [2.05, 4.69) is 0 Å². The van der Waals surface area contributed by atoms with Crippen molar-refractivity contribution in [3.63, 3.8) is 0 Å². The molecule has 1 aromatic rings. The van der Waals surface area contributed by atoms with Gasteiger partial charge in [-0.2, -0.15) is 0 Å². The molecule has 1 rings (SSSR count). The van der Waals surface area contributed by atoms with E-state index in [0.29, 0.717) is 5.56 Å². The molecule has 0 fully saturated rings. The molecule has 1 atom stereocenters. The number of rotatable bonds is 5. The van der Waals surface area contributed by atoms with E-state index in [-0.39, 0.29) is 12.1 Å². The molecule has 1 amide bonds. The number of likely N-dealkylation sites (N-methyl/N-ethyl adjacent to an activating group) is 1. The maximum absolute atomic E-state index is 13.8. The van der Waals surface area contributed by atoms with E-state index in [1.807, 2.05) is 0 Å². The van der Waals surface area contributed by atoms with Gasteiger partial charge in [-0.3, -0.25) is 4.79 Å². The van der Waals surface area contributed by atoms with E-state index in [4.69, 9.17) is 5.11 Å². The minimum absolute atomic E-state index is 0.0962. The lowest BCUT2D eigenvalue weighted by Gasteiger charge is -2.19. The predicted octanol–water partition coefficient (Wildman–Crippen LogP) is 1.38. The van der Waals surface area contributed by atoms with Crippen LogP contribution in [-0.4, -0.2) is 46.7 Å². The summed E-state index contributed by atoms with van der Waals surface area (Å²) in [4.78, 5) is 23.5. The van der Waals surface area contributed by atoms with Crippen LogP contribution >= 0.6 is 0 Å². The smallest absolute Gasteiger partial charge is 0.328 e. The molecule has 0 aliphatic rings. The van der Waals surface area contributed by atoms with Gasteiger partial charge in [0.25, 0.3) is 5.91 Å². The van der Waals surface area contributed by atoms with E-state index >= 15 is 0 Å². The number of aliphatic hydroxyl groups is 1. The molecule has 0 aliphatic carbocycles. The van der Waals surface area contributed by atoms with Crippen LogP contribution in [0, 0.1) is 5.82 Å². The monoisotopic (exact) mass is 281 g/mol. The lowest BCUT2D eigenvalue weighted by Crippen LogP contribution is -2.33. The molecule has 0 aromatic heterocycles. The molecule has 2 N–H and O–H groups in total. The SMILES string of the molecule is CC(O)CN(C)C(=O)c1ccc(C=CC(=O)O)cc1F. The summed E-state index contributed by atoms with van der Waals surface area (Å²) >= 11 is 0. The predicted molar refractivity (Wildman–Crippen MR) is 71.7 cm³/mol. The highest BCUT2D eigenvalue weighted by Gasteiger charge is 2.17. The zero-order valence-corrected chi connectivity index (χ0v) is 11.2. The van der Waals surface area contributed by atoms with Crippen LogP contribution in [0.1, 0.15) is 22.8 Å². The van der Waals surface area contributed by atoms with Crippen LogP contribution in [0.25, 0.3) is 6.08 Å². The number of carboxylic acids is 1. The third kappa shape index (κ3) is 4.47. The van der Waals surface area contributed by atoms with Gasteiger partial charge in [0, 0.05) is 19.7 Å². The zero-order chi connectivity index (χ0) is 15.3. The number of hydrogen-bond acceptors (Lipinski definition) is 3. The van der Waals surface area contributed by atoms with Gasteiger partial charge >= 0.3 is 5.97 Å². The highest BCUT2D eigenvalue weighted by Crippen LogP contribution is 2.14. The standard InChI is InChI=1S/C14H16FNO4/c1-9(17)8-16(2)14(20)11-5-3-10(7-12(11)15)4-6-13(18)19/h3-7,9,17H,8H2,1-2H3,(H,18,19). The Morgan fingerprint density at radius 3 is 2.60 bits per heavy atom. The number of aliphatic carboxylic acids is 1. The van der Waals surface area contributed by atoms with E-state index in [9.17, 15) is 19.1 Å². The molecule has 0 saturated heterocycles. The lowest BCUT2D eigenvalue weighted by atomic mass is 10.1. The molecule has 0 radical (unpaired) electrons. The van der Waals surface area contributed by atoms with Gasteiger partial charge in [0.1, 0.15) is 5.82 Å². The van der Waals surface area contributed by atoms with Crippen molar-refractivity contribution in [2.45, 2.75) is 13.0 Å². The van der Waals surface area contributed by atoms with Crippen LogP contribution in [0.5, 0.6) is 0 Å². The molecule has 0 spiro atoms. The number of nitrogens with zero attached hydrogens (tertiary/aromatic N) is 1. The molecule has 1 unspecified atom stereocenters. The molecular formula is C14H16FNO4. The van der Waals surface area contributed by atoms with Crippen molar-refractivity contribution in [1.82, 2.24) is 4.90 Å². The fraction of sp³-hybridized carbons (Fsp3) is 0.286. The summed E-state index contributed by atoms with van der Waals surface area (Å²) in [5, 5.41) is 17.7. The van der Waals surface area contributed by atoms with Crippen molar-refractivity contribution in [2.24, 2.45) is 0 Å². The van der Waals surface area contributed by atoms with Gasteiger partial charge < -0.3 is 15.1 Å². The fourth-order valence-electron chi connectivity index (χ4n) is 1.66. The second-order valence-electron chi connectivity index (χ2n) is 4.45. The normalized spacial score (nSPS) is 12.4. The molecule has 5 nitrogen and oxygen atoms in total. The third-order valence-corrected chi connectivity index (χ3v) is 2.53. The van der Waals surface area contributed by atoms with Crippen molar-refractivity contribution in [3.05, 3.63) is 41.2 Å². The van der Waals surface area contributed by atoms with Crippen LogP contribution in [0.3, 0.4) is 0 Å². The zero-order valence-electron chi connectivity index (χ0n) is 11.2. The third-order valence-electron chi connectivity index (χ3n) is 2.53. The number of hydrogen-bond donors (Lipinski definition) is 2. The van der Waals surface area contributed by atoms with Crippen LogP contribution in [0.15, 0.2) is 24.3 Å². The molecule has 1 aromatic carbocycles. The van der Waals surface area contributed by atoms with Crippen LogP contribution in [0.2, 0.25) is 0 Å². The summed E-state index contributed by atoms with van der Waals surface area (Å²) in [7, 11) is 1.47. The molecule has 6 heteroatoms. The van der Waals surface area contributed by atoms with Gasteiger partial charge in [-0.25, -0.2) is 9.18 Å². The first-order chi connectivity index (χ1) is 9.31. The van der Waals surface area contributed by atoms with Crippen LogP contribution < -0.4 is 0 Å². The van der Waals surface area contributed by atoms with E-state index in [1.165, 1.54) is 37.1 Å². The van der Waals surface area contributed by atoms with Gasteiger partial charge in [0.15, 0.2) is 0 Å². The largest absolute Gasteiger partial charge is 0.478 e. The lowest BCUT2D eigenvalue weighted by molar-refractivity contribution is -0.131. The molecular weight excluding hydrogens is 265 g/mol. The number of benzene rings is 1. The van der Waals surface area contributed by atoms with Gasteiger partial charge in [-0.05, 0) is 30.7 Å². The molecule has 20 heavy (non-hydrogen) atoms. The molecule has 0 bridgehead atoms. The van der Waals surface area contributed by atoms with Crippen molar-refractivity contribution in [1.29, 1.82) is 0 Å². The molecule has 0 heterocycles. The average molecular weight is 281 g/mol. The van der Waals surface area contributed by atoms with Gasteiger partial charge in [-0.15, -0.1) is 0 Å². The first-order valence-electron chi connectivity index (χ1n) is 5.95. The van der Waals surface area contributed by atoms with Crippen molar-refractivity contribution in [2.75, 3.05) is 13.6 Å². The maximum Gasteiger partial charge on any atom is 0.328 e. The topological polar surface area (TPSA) is 77.8 Å². The Morgan fingerprint density at radius 2 is 2.10 bits per heavy atom. The molecule has 0 aliphatic heterocycles. The number of carboxylic acid groups (broad SMARTS) is 1. The minimum atomic E-state index is -1.14. The molecule has 0 saturated carbocycles. The highest BCUT2D eigenvalue weighted by molar-refractivity contribution is 5.94. The summed E-state index contributed by atoms with van der Waals surface area (Å²) in [5.41, 5.74) is 0.222. The van der Waals surface area contributed by atoms with Crippen LogP contribution in [0.4, 0.5) is 4.39 Å². The summed E-state index contributed by atoms with van der Waals surface area (Å²) < 4.78 is 13.8. The summed E-state index contributed by atoms with van der Waals surface area (Å²) in [5.74, 6) is -2.42. The van der Waals surface area contributed by atoms with Crippen LogP contribution in [-0.2, 0) is 4.79 Å². The number of carbonyl (C=O) groups excluding carboxylic acids is 1. The van der Waals surface area contributed by atoms with Gasteiger partial charge in [0.2, 0.25) is 0 Å². The van der Waals surface area contributed by atoms with Crippen molar-refractivity contribution < 1.29 is 24.2 Å². The first-order valence-corrected chi connectivity index (χ1v) is 5.95. The second kappa shape index (κ2) is 6.81. The quantitative estimate of drug-likeness (QED) is 0.799. The Bertz CT molecular complexity index is 540. The number of carbonyl (C=O) groups is 2. The number of aliphatic hydroxyl groups excluding tert-OH is 1. The second-order valence-corrected chi connectivity index (χ2v) is 4.45. The summed E-state index contributed by atoms with van der Waals surface area (Å²) in [6.45, 7) is 1.62. The Hall–Kier alpha value is -2.21. The molecule has 108 valence electrons. The highest BCUT2D eigenvalue weighted by atomic mass is 19.1. The summed E-state index contributed by atoms with van der Waals surface area (Å²) in [6.07, 6.45) is 1.42. The van der Waals surface area contributed by atoms with E-state index in [1.54, 1.807) is 0 Å². The Kier molecular flexibility index (Phi) is 5.40. The van der Waals surface area contributed by atoms with Gasteiger partial charge in [-0.1, -0.05) is 6.07 Å².